The van der Waals surface area contributed by atoms with Crippen molar-refractivity contribution < 1.29 is 4.79 Å². The van der Waals surface area contributed by atoms with Crippen molar-refractivity contribution in [3.05, 3.63) is 66.0 Å². The SMILES string of the molecule is Cc1cc(NC2=CN(Sc3ccc(C(=O)NCCN(C)C)cc3)Cc3nccn32)n[nH]1. The van der Waals surface area contributed by atoms with Gasteiger partial charge in [-0.15, -0.1) is 0 Å². The molecule has 0 bridgehead atoms. The second-order valence-electron chi connectivity index (χ2n) is 7.54. The summed E-state index contributed by atoms with van der Waals surface area (Å²) in [6.07, 6.45) is 5.75. The highest BCUT2D eigenvalue weighted by Gasteiger charge is 2.19. The minimum absolute atomic E-state index is 0.0564. The third kappa shape index (κ3) is 5.28. The number of anilines is 1. The highest BCUT2D eigenvalue weighted by Crippen LogP contribution is 2.30. The molecular formula is C21H26N8OS. The molecule has 3 aromatic rings. The lowest BCUT2D eigenvalue weighted by atomic mass is 10.2. The molecule has 31 heavy (non-hydrogen) atoms. The number of nitrogens with zero attached hydrogens (tertiary/aromatic N) is 5. The Bertz CT molecular complexity index is 1070. The lowest BCUT2D eigenvalue weighted by molar-refractivity contribution is 0.0951. The number of carbonyl (C=O) groups excluding carboxylic acids is 1. The highest BCUT2D eigenvalue weighted by molar-refractivity contribution is 7.97. The van der Waals surface area contributed by atoms with Crippen LogP contribution in [0.3, 0.4) is 0 Å². The molecule has 162 valence electrons. The Balaban J connectivity index is 1.42. The van der Waals surface area contributed by atoms with E-state index in [4.69, 9.17) is 0 Å². The summed E-state index contributed by atoms with van der Waals surface area (Å²) in [7, 11) is 3.97. The molecule has 3 heterocycles. The molecule has 1 aliphatic heterocycles. The van der Waals surface area contributed by atoms with Crippen LogP contribution in [-0.2, 0) is 6.54 Å². The Morgan fingerprint density at radius 2 is 2.10 bits per heavy atom. The number of nitrogens with one attached hydrogen (secondary N) is 3. The smallest absolute Gasteiger partial charge is 0.251 e. The van der Waals surface area contributed by atoms with E-state index >= 15 is 0 Å². The summed E-state index contributed by atoms with van der Waals surface area (Å²) >= 11 is 1.59. The molecule has 0 unspecified atom stereocenters. The van der Waals surface area contributed by atoms with Gasteiger partial charge in [-0.1, -0.05) is 0 Å². The van der Waals surface area contributed by atoms with Gasteiger partial charge in [0.15, 0.2) is 5.82 Å². The summed E-state index contributed by atoms with van der Waals surface area (Å²) in [6, 6.07) is 9.59. The predicted molar refractivity (Wildman–Crippen MR) is 122 cm³/mol. The first-order valence-electron chi connectivity index (χ1n) is 9.99. The molecule has 0 radical (unpaired) electrons. The van der Waals surface area contributed by atoms with Crippen LogP contribution in [0.25, 0.3) is 5.82 Å². The summed E-state index contributed by atoms with van der Waals surface area (Å²) in [6.45, 7) is 4.06. The predicted octanol–water partition coefficient (Wildman–Crippen LogP) is 2.60. The molecular weight excluding hydrogens is 412 g/mol. The number of likely N-dealkylation sites (N-methyl/N-ethyl adjacent to an activating group) is 1. The van der Waals surface area contributed by atoms with Crippen molar-refractivity contribution in [1.29, 1.82) is 0 Å². The minimum atomic E-state index is -0.0564. The van der Waals surface area contributed by atoms with E-state index in [0.717, 1.165) is 34.6 Å². The Kier molecular flexibility index (Phi) is 6.28. The zero-order valence-corrected chi connectivity index (χ0v) is 18.6. The molecule has 0 fully saturated rings. The molecule has 2 aromatic heterocycles. The molecule has 0 saturated heterocycles. The van der Waals surface area contributed by atoms with Crippen LogP contribution in [0.5, 0.6) is 0 Å². The summed E-state index contributed by atoms with van der Waals surface area (Å²) in [5, 5.41) is 13.5. The molecule has 10 heteroatoms. The van der Waals surface area contributed by atoms with Gasteiger partial charge in [0, 0.05) is 47.7 Å². The van der Waals surface area contributed by atoms with E-state index in [1.807, 2.05) is 73.2 Å². The fraction of sp³-hybridized carbons (Fsp3) is 0.286. The quantitative estimate of drug-likeness (QED) is 0.466. The molecule has 1 aliphatic rings. The number of aromatic nitrogens is 4. The van der Waals surface area contributed by atoms with Gasteiger partial charge < -0.3 is 19.8 Å². The van der Waals surface area contributed by atoms with E-state index in [1.54, 1.807) is 18.1 Å². The zero-order valence-electron chi connectivity index (χ0n) is 17.8. The maximum atomic E-state index is 12.3. The van der Waals surface area contributed by atoms with Gasteiger partial charge in [-0.2, -0.15) is 5.10 Å². The van der Waals surface area contributed by atoms with E-state index in [9.17, 15) is 4.79 Å². The molecule has 0 aliphatic carbocycles. The largest absolute Gasteiger partial charge is 0.351 e. The Labute approximate surface area is 185 Å². The minimum Gasteiger partial charge on any atom is -0.351 e. The first-order valence-corrected chi connectivity index (χ1v) is 10.8. The lowest BCUT2D eigenvalue weighted by Gasteiger charge is -2.26. The van der Waals surface area contributed by atoms with Crippen LogP contribution >= 0.6 is 11.9 Å². The number of carbonyl (C=O) groups is 1. The fourth-order valence-corrected chi connectivity index (χ4v) is 3.98. The van der Waals surface area contributed by atoms with Gasteiger partial charge in [0.05, 0.1) is 12.7 Å². The van der Waals surface area contributed by atoms with Crippen molar-refractivity contribution in [3.8, 4) is 0 Å². The molecule has 0 spiro atoms. The second-order valence-corrected chi connectivity index (χ2v) is 8.66. The van der Waals surface area contributed by atoms with Crippen LogP contribution in [0, 0.1) is 6.92 Å². The van der Waals surface area contributed by atoms with E-state index < -0.39 is 0 Å². The van der Waals surface area contributed by atoms with E-state index in [1.165, 1.54) is 0 Å². The zero-order chi connectivity index (χ0) is 21.8. The van der Waals surface area contributed by atoms with Crippen molar-refractivity contribution in [2.75, 3.05) is 32.5 Å². The number of aryl methyl sites for hydroxylation is 1. The molecule has 4 rings (SSSR count). The third-order valence-corrected chi connectivity index (χ3v) is 5.64. The van der Waals surface area contributed by atoms with Gasteiger partial charge in [0.1, 0.15) is 11.6 Å². The van der Waals surface area contributed by atoms with E-state index in [-0.39, 0.29) is 5.91 Å². The maximum Gasteiger partial charge on any atom is 0.251 e. The van der Waals surface area contributed by atoms with Gasteiger partial charge in [0.2, 0.25) is 0 Å². The van der Waals surface area contributed by atoms with Crippen LogP contribution in [-0.4, -0.2) is 62.0 Å². The molecule has 0 saturated carbocycles. The number of imidazole rings is 1. The average Bonchev–Trinajstić information content (AvgIpc) is 3.37. The molecule has 1 amide bonds. The highest BCUT2D eigenvalue weighted by atomic mass is 32.2. The van der Waals surface area contributed by atoms with Crippen molar-refractivity contribution in [2.24, 2.45) is 0 Å². The second kappa shape index (κ2) is 9.27. The molecule has 3 N–H and O–H groups in total. The van der Waals surface area contributed by atoms with Gasteiger partial charge in [-0.3, -0.25) is 14.5 Å². The summed E-state index contributed by atoms with van der Waals surface area (Å²) in [5.41, 5.74) is 1.64. The summed E-state index contributed by atoms with van der Waals surface area (Å²) < 4.78 is 4.12. The van der Waals surface area contributed by atoms with Gasteiger partial charge in [-0.25, -0.2) is 4.98 Å². The number of aromatic amines is 1. The van der Waals surface area contributed by atoms with Crippen LogP contribution in [0.2, 0.25) is 0 Å². The molecule has 0 atom stereocenters. The van der Waals surface area contributed by atoms with Crippen LogP contribution < -0.4 is 10.6 Å². The van der Waals surface area contributed by atoms with E-state index in [2.05, 4.69) is 30.1 Å². The van der Waals surface area contributed by atoms with Crippen molar-refractivity contribution in [2.45, 2.75) is 18.4 Å². The van der Waals surface area contributed by atoms with E-state index in [0.29, 0.717) is 18.7 Å². The Hall–Kier alpha value is -3.24. The van der Waals surface area contributed by atoms with Gasteiger partial charge >= 0.3 is 0 Å². The summed E-state index contributed by atoms with van der Waals surface area (Å²) in [5.74, 6) is 2.50. The normalized spacial score (nSPS) is 13.2. The van der Waals surface area contributed by atoms with Crippen LogP contribution in [0.1, 0.15) is 21.9 Å². The first kappa shape index (κ1) is 21.0. The number of benzene rings is 1. The number of H-pyrrole nitrogens is 1. The van der Waals surface area contributed by atoms with Crippen molar-refractivity contribution in [3.63, 3.8) is 0 Å². The topological polar surface area (TPSA) is 94.1 Å². The van der Waals surface area contributed by atoms with Crippen molar-refractivity contribution in [1.82, 2.24) is 34.3 Å². The third-order valence-electron chi connectivity index (χ3n) is 4.69. The standard InChI is InChI=1S/C21H26N8OS/c1-15-12-18(26-25-15)24-20-14-28(13-19-22-9-11-29(19)20)31-17-6-4-16(5-7-17)21(30)23-8-10-27(2)3/h4-7,9,11-12,14H,8,10,13H2,1-3H3,(H,23,30)(H2,24,25,26). The lowest BCUT2D eigenvalue weighted by Crippen LogP contribution is -2.31. The maximum absolute atomic E-state index is 12.3. The number of hydrogen-bond acceptors (Lipinski definition) is 7. The van der Waals surface area contributed by atoms with Crippen LogP contribution in [0.4, 0.5) is 5.82 Å². The number of fused-ring (bicyclic) bond motifs is 1. The van der Waals surface area contributed by atoms with Gasteiger partial charge in [-0.05, 0) is 57.2 Å². The van der Waals surface area contributed by atoms with Gasteiger partial charge in [0.25, 0.3) is 5.91 Å². The average molecular weight is 439 g/mol. The Morgan fingerprint density at radius 3 is 2.81 bits per heavy atom. The number of hydrogen-bond donors (Lipinski definition) is 3. The first-order chi connectivity index (χ1) is 15.0. The number of rotatable bonds is 8. The number of amides is 1. The van der Waals surface area contributed by atoms with Crippen molar-refractivity contribution >= 4 is 29.5 Å². The van der Waals surface area contributed by atoms with Crippen LogP contribution in [0.15, 0.2) is 53.8 Å². The molecule has 9 nitrogen and oxygen atoms in total. The summed E-state index contributed by atoms with van der Waals surface area (Å²) in [4.78, 5) is 19.8. The Morgan fingerprint density at radius 1 is 1.29 bits per heavy atom. The monoisotopic (exact) mass is 438 g/mol. The fourth-order valence-electron chi connectivity index (χ4n) is 3.12. The molecule has 1 aromatic carbocycles.